The van der Waals surface area contributed by atoms with Gasteiger partial charge in [0.25, 0.3) is 5.91 Å². The Morgan fingerprint density at radius 2 is 2.00 bits per heavy atom. The van der Waals surface area contributed by atoms with E-state index in [9.17, 15) is 9.90 Å². The second-order valence-electron chi connectivity index (χ2n) is 4.82. The van der Waals surface area contributed by atoms with Gasteiger partial charge in [-0.3, -0.25) is 4.79 Å². The Morgan fingerprint density at radius 3 is 2.53 bits per heavy atom. The summed E-state index contributed by atoms with van der Waals surface area (Å²) in [7, 11) is 0. The molecule has 0 bridgehead atoms. The molecular formula is C15H22ClNO2. The first-order valence-corrected chi connectivity index (χ1v) is 7.09. The molecule has 1 aromatic rings. The lowest BCUT2D eigenvalue weighted by Gasteiger charge is -2.20. The minimum absolute atomic E-state index is 0.176. The monoisotopic (exact) mass is 283 g/mol. The molecule has 2 N–H and O–H groups in total. The van der Waals surface area contributed by atoms with Crippen LogP contribution in [0, 0.1) is 12.8 Å². The molecule has 0 spiro atoms. The highest BCUT2D eigenvalue weighted by Crippen LogP contribution is 2.16. The van der Waals surface area contributed by atoms with Crippen molar-refractivity contribution in [2.75, 3.05) is 6.54 Å². The Bertz CT molecular complexity index is 430. The molecule has 0 aliphatic rings. The molecular weight excluding hydrogens is 262 g/mol. The zero-order valence-electron chi connectivity index (χ0n) is 11.7. The summed E-state index contributed by atoms with van der Waals surface area (Å²) in [6.07, 6.45) is 1.33. The lowest BCUT2D eigenvalue weighted by Crippen LogP contribution is -2.36. The van der Waals surface area contributed by atoms with Crippen molar-refractivity contribution in [1.29, 1.82) is 0 Å². The quantitative estimate of drug-likeness (QED) is 0.842. The van der Waals surface area contributed by atoms with Crippen LogP contribution in [0.5, 0.6) is 0 Å². The molecule has 0 fully saturated rings. The Labute approximate surface area is 120 Å². The number of benzene rings is 1. The highest BCUT2D eigenvalue weighted by Gasteiger charge is 2.16. The van der Waals surface area contributed by atoms with Crippen molar-refractivity contribution in [1.82, 2.24) is 5.32 Å². The maximum absolute atomic E-state index is 11.9. The van der Waals surface area contributed by atoms with E-state index in [1.54, 1.807) is 18.2 Å². The second-order valence-corrected chi connectivity index (χ2v) is 5.23. The summed E-state index contributed by atoms with van der Waals surface area (Å²) >= 11 is 5.92. The van der Waals surface area contributed by atoms with Gasteiger partial charge in [-0.15, -0.1) is 0 Å². The van der Waals surface area contributed by atoms with Gasteiger partial charge >= 0.3 is 0 Å². The van der Waals surface area contributed by atoms with Gasteiger partial charge in [-0.1, -0.05) is 38.3 Å². The number of aliphatic hydroxyl groups is 1. The number of aryl methyl sites for hydroxylation is 1. The number of carbonyl (C=O) groups is 1. The molecule has 1 aromatic carbocycles. The predicted octanol–water partition coefficient (Wildman–Crippen LogP) is 3.18. The van der Waals surface area contributed by atoms with Crippen LogP contribution in [0.25, 0.3) is 0 Å². The molecule has 0 saturated heterocycles. The summed E-state index contributed by atoms with van der Waals surface area (Å²) in [4.78, 5) is 11.9. The van der Waals surface area contributed by atoms with Crippen LogP contribution in [-0.2, 0) is 0 Å². The molecule has 1 atom stereocenters. The van der Waals surface area contributed by atoms with Crippen molar-refractivity contribution < 1.29 is 9.90 Å². The van der Waals surface area contributed by atoms with Crippen LogP contribution in [-0.4, -0.2) is 23.7 Å². The third kappa shape index (κ3) is 4.51. The summed E-state index contributed by atoms with van der Waals surface area (Å²) in [6, 6.07) is 5.15. The fourth-order valence-electron chi connectivity index (χ4n) is 2.08. The lowest BCUT2D eigenvalue weighted by molar-refractivity contribution is 0.0816. The molecule has 0 saturated carbocycles. The van der Waals surface area contributed by atoms with E-state index in [-0.39, 0.29) is 18.4 Å². The van der Waals surface area contributed by atoms with Gasteiger partial charge in [0.15, 0.2) is 0 Å². The molecule has 0 heterocycles. The smallest absolute Gasteiger partial charge is 0.251 e. The van der Waals surface area contributed by atoms with Crippen LogP contribution in [0.4, 0.5) is 0 Å². The van der Waals surface area contributed by atoms with Gasteiger partial charge in [-0.05, 0) is 36.6 Å². The number of aliphatic hydroxyl groups excluding tert-OH is 1. The first-order chi connectivity index (χ1) is 8.99. The molecule has 106 valence electrons. The SMILES string of the molecule is CCC(CC)C(O)CNC(=O)c1ccc(Cl)c(C)c1. The normalized spacial score (nSPS) is 12.5. The number of halogens is 1. The second kappa shape index (κ2) is 7.51. The van der Waals surface area contributed by atoms with E-state index in [1.165, 1.54) is 0 Å². The summed E-state index contributed by atoms with van der Waals surface area (Å²) in [6.45, 7) is 6.23. The number of hydrogen-bond acceptors (Lipinski definition) is 2. The average molecular weight is 284 g/mol. The molecule has 0 radical (unpaired) electrons. The zero-order chi connectivity index (χ0) is 14.4. The largest absolute Gasteiger partial charge is 0.391 e. The first-order valence-electron chi connectivity index (χ1n) is 6.72. The Balaban J connectivity index is 2.58. The molecule has 1 amide bonds. The predicted molar refractivity (Wildman–Crippen MR) is 78.6 cm³/mol. The number of amides is 1. The average Bonchev–Trinajstić information content (AvgIpc) is 2.40. The number of hydrogen-bond donors (Lipinski definition) is 2. The van der Waals surface area contributed by atoms with Gasteiger partial charge in [0, 0.05) is 17.1 Å². The van der Waals surface area contributed by atoms with Crippen LogP contribution in [0.15, 0.2) is 18.2 Å². The van der Waals surface area contributed by atoms with Gasteiger partial charge in [0.2, 0.25) is 0 Å². The molecule has 4 heteroatoms. The molecule has 0 aromatic heterocycles. The highest BCUT2D eigenvalue weighted by molar-refractivity contribution is 6.31. The minimum Gasteiger partial charge on any atom is -0.391 e. The first kappa shape index (κ1) is 16.0. The third-order valence-electron chi connectivity index (χ3n) is 3.48. The van der Waals surface area contributed by atoms with Crippen molar-refractivity contribution in [3.8, 4) is 0 Å². The van der Waals surface area contributed by atoms with E-state index < -0.39 is 6.10 Å². The van der Waals surface area contributed by atoms with Crippen LogP contribution < -0.4 is 5.32 Å². The highest BCUT2D eigenvalue weighted by atomic mass is 35.5. The lowest BCUT2D eigenvalue weighted by atomic mass is 9.96. The molecule has 1 rings (SSSR count). The van der Waals surface area contributed by atoms with E-state index in [4.69, 9.17) is 11.6 Å². The van der Waals surface area contributed by atoms with E-state index in [0.717, 1.165) is 18.4 Å². The molecule has 0 aliphatic heterocycles. The van der Waals surface area contributed by atoms with E-state index in [0.29, 0.717) is 10.6 Å². The van der Waals surface area contributed by atoms with Gasteiger partial charge in [0.1, 0.15) is 0 Å². The Morgan fingerprint density at radius 1 is 1.37 bits per heavy atom. The van der Waals surface area contributed by atoms with Crippen LogP contribution in [0.1, 0.15) is 42.6 Å². The van der Waals surface area contributed by atoms with Gasteiger partial charge in [-0.25, -0.2) is 0 Å². The third-order valence-corrected chi connectivity index (χ3v) is 3.91. The van der Waals surface area contributed by atoms with Crippen molar-refractivity contribution in [3.05, 3.63) is 34.3 Å². The van der Waals surface area contributed by atoms with E-state index in [1.807, 2.05) is 20.8 Å². The van der Waals surface area contributed by atoms with Gasteiger partial charge in [0.05, 0.1) is 6.10 Å². The summed E-state index contributed by atoms with van der Waals surface area (Å²) in [5.41, 5.74) is 1.44. The van der Waals surface area contributed by atoms with E-state index >= 15 is 0 Å². The Hall–Kier alpha value is -1.06. The number of carbonyl (C=O) groups excluding carboxylic acids is 1. The van der Waals surface area contributed by atoms with Crippen LogP contribution in [0.3, 0.4) is 0 Å². The molecule has 19 heavy (non-hydrogen) atoms. The van der Waals surface area contributed by atoms with Gasteiger partial charge in [-0.2, -0.15) is 0 Å². The molecule has 0 aliphatic carbocycles. The maximum Gasteiger partial charge on any atom is 0.251 e. The Kier molecular flexibility index (Phi) is 6.32. The van der Waals surface area contributed by atoms with Crippen molar-refractivity contribution in [3.63, 3.8) is 0 Å². The standard InChI is InChI=1S/C15H22ClNO2/c1-4-11(5-2)14(18)9-17-15(19)12-6-7-13(16)10(3)8-12/h6-8,11,14,18H,4-5,9H2,1-3H3,(H,17,19). The summed E-state index contributed by atoms with van der Waals surface area (Å²) < 4.78 is 0. The number of nitrogens with one attached hydrogen (secondary N) is 1. The van der Waals surface area contributed by atoms with Crippen molar-refractivity contribution >= 4 is 17.5 Å². The fraction of sp³-hybridized carbons (Fsp3) is 0.533. The maximum atomic E-state index is 11.9. The molecule has 1 unspecified atom stereocenters. The van der Waals surface area contributed by atoms with E-state index in [2.05, 4.69) is 5.32 Å². The fourth-order valence-corrected chi connectivity index (χ4v) is 2.20. The zero-order valence-corrected chi connectivity index (χ0v) is 12.5. The molecule has 3 nitrogen and oxygen atoms in total. The topological polar surface area (TPSA) is 49.3 Å². The van der Waals surface area contributed by atoms with Crippen molar-refractivity contribution in [2.24, 2.45) is 5.92 Å². The van der Waals surface area contributed by atoms with Crippen LogP contribution in [0.2, 0.25) is 5.02 Å². The van der Waals surface area contributed by atoms with Crippen LogP contribution >= 0.6 is 11.6 Å². The van der Waals surface area contributed by atoms with Gasteiger partial charge < -0.3 is 10.4 Å². The summed E-state index contributed by atoms with van der Waals surface area (Å²) in [5.74, 6) is 0.0528. The number of rotatable bonds is 6. The minimum atomic E-state index is -0.493. The summed E-state index contributed by atoms with van der Waals surface area (Å²) in [5, 5.41) is 13.4. The van der Waals surface area contributed by atoms with Crippen molar-refractivity contribution in [2.45, 2.75) is 39.7 Å².